The molecule has 1 saturated heterocycles. The summed E-state index contributed by atoms with van der Waals surface area (Å²) in [4.78, 5) is 14.3. The summed E-state index contributed by atoms with van der Waals surface area (Å²) in [5.74, 6) is 0.381. The maximum atomic E-state index is 12.5. The molecular weight excluding hydrogens is 278 g/mol. The topological polar surface area (TPSA) is 38.8 Å². The first-order valence-electron chi connectivity index (χ1n) is 8.61. The average molecular weight is 311 g/mol. The van der Waals surface area contributed by atoms with Gasteiger partial charge < -0.3 is 9.47 Å². The van der Waals surface area contributed by atoms with Crippen LogP contribution in [0, 0.1) is 5.92 Å². The molecule has 0 radical (unpaired) electrons. The molecule has 0 N–H and O–H groups in total. The summed E-state index contributed by atoms with van der Waals surface area (Å²) >= 11 is 0. The third-order valence-corrected chi connectivity index (χ3v) is 3.84. The van der Waals surface area contributed by atoms with Crippen molar-refractivity contribution in [2.45, 2.75) is 78.6 Å². The number of allylic oxidation sites excluding steroid dienone is 2. The fourth-order valence-corrected chi connectivity index (χ4v) is 2.89. The van der Waals surface area contributed by atoms with Gasteiger partial charge in [0, 0.05) is 19.1 Å². The van der Waals surface area contributed by atoms with Gasteiger partial charge in [-0.1, -0.05) is 18.6 Å². The van der Waals surface area contributed by atoms with Crippen LogP contribution in [0.3, 0.4) is 0 Å². The normalized spacial score (nSPS) is 23.6. The van der Waals surface area contributed by atoms with Crippen molar-refractivity contribution >= 4 is 6.09 Å². The van der Waals surface area contributed by atoms with Crippen molar-refractivity contribution in [1.29, 1.82) is 0 Å². The number of hydrogen-bond donors (Lipinski definition) is 0. The Morgan fingerprint density at radius 2 is 2.05 bits per heavy atom. The number of nitrogens with zero attached hydrogens (tertiary/aromatic N) is 1. The van der Waals surface area contributed by atoms with Gasteiger partial charge in [-0.05, 0) is 60.3 Å². The molecule has 0 aromatic carbocycles. The highest BCUT2D eigenvalue weighted by Crippen LogP contribution is 2.29. The fraction of sp³-hybridized carbons (Fsp3) is 0.833. The van der Waals surface area contributed by atoms with Crippen LogP contribution in [0.25, 0.3) is 0 Å². The van der Waals surface area contributed by atoms with Gasteiger partial charge in [0.15, 0.2) is 0 Å². The smallest absolute Gasteiger partial charge is 0.412 e. The Labute approximate surface area is 135 Å². The molecule has 0 saturated carbocycles. The molecule has 2 unspecified atom stereocenters. The van der Waals surface area contributed by atoms with Crippen molar-refractivity contribution in [2.75, 3.05) is 13.2 Å². The minimum absolute atomic E-state index is 0.160. The Hall–Kier alpha value is -1.03. The standard InChI is InChI=1S/C18H33NO3/c1-6-8-9-12-15-13-10-11-14-19(16(15)21-7-2)17(20)22-18(3,4)5/h6,8,15-16H,7,9-14H2,1-5H3/b8-6+. The number of likely N-dealkylation sites (tertiary alicyclic amines) is 1. The maximum Gasteiger partial charge on any atom is 0.412 e. The first-order chi connectivity index (χ1) is 10.4. The molecule has 22 heavy (non-hydrogen) atoms. The van der Waals surface area contributed by atoms with Crippen molar-refractivity contribution in [3.8, 4) is 0 Å². The molecule has 0 bridgehead atoms. The number of hydrogen-bond acceptors (Lipinski definition) is 3. The molecule has 1 amide bonds. The predicted molar refractivity (Wildman–Crippen MR) is 89.7 cm³/mol. The average Bonchev–Trinajstić information content (AvgIpc) is 2.61. The van der Waals surface area contributed by atoms with E-state index in [-0.39, 0.29) is 12.3 Å². The summed E-state index contributed by atoms with van der Waals surface area (Å²) in [6.07, 6.45) is 9.22. The van der Waals surface area contributed by atoms with E-state index in [2.05, 4.69) is 12.2 Å². The van der Waals surface area contributed by atoms with Crippen molar-refractivity contribution in [1.82, 2.24) is 4.90 Å². The highest BCUT2D eigenvalue weighted by atomic mass is 16.6. The van der Waals surface area contributed by atoms with E-state index in [4.69, 9.17) is 9.47 Å². The summed E-state index contributed by atoms with van der Waals surface area (Å²) in [7, 11) is 0. The van der Waals surface area contributed by atoms with Crippen LogP contribution < -0.4 is 0 Å². The molecule has 0 aromatic rings. The first kappa shape index (κ1) is 19.0. The van der Waals surface area contributed by atoms with E-state index in [9.17, 15) is 4.79 Å². The molecular formula is C18H33NO3. The number of carbonyl (C=O) groups is 1. The predicted octanol–water partition coefficient (Wildman–Crippen LogP) is 4.74. The van der Waals surface area contributed by atoms with Crippen molar-refractivity contribution < 1.29 is 14.3 Å². The summed E-state index contributed by atoms with van der Waals surface area (Å²) in [5.41, 5.74) is -0.472. The molecule has 4 heteroatoms. The van der Waals surface area contributed by atoms with Crippen molar-refractivity contribution in [3.63, 3.8) is 0 Å². The Bertz CT molecular complexity index is 360. The second-order valence-electron chi connectivity index (χ2n) is 6.92. The van der Waals surface area contributed by atoms with Gasteiger partial charge >= 0.3 is 6.09 Å². The molecule has 1 fully saturated rings. The van der Waals surface area contributed by atoms with Gasteiger partial charge in [0.1, 0.15) is 11.8 Å². The molecule has 1 heterocycles. The van der Waals surface area contributed by atoms with Gasteiger partial charge in [0.25, 0.3) is 0 Å². The number of rotatable bonds is 5. The van der Waals surface area contributed by atoms with Crippen LogP contribution in [0.4, 0.5) is 4.79 Å². The molecule has 0 aromatic heterocycles. The Morgan fingerprint density at radius 1 is 1.32 bits per heavy atom. The van der Waals surface area contributed by atoms with E-state index in [1.807, 2.05) is 39.5 Å². The Morgan fingerprint density at radius 3 is 2.64 bits per heavy atom. The van der Waals surface area contributed by atoms with Crippen LogP contribution in [0.5, 0.6) is 0 Å². The highest BCUT2D eigenvalue weighted by molar-refractivity contribution is 5.68. The molecule has 1 aliphatic rings. The molecule has 1 rings (SSSR count). The summed E-state index contributed by atoms with van der Waals surface area (Å²) in [6.45, 7) is 11.1. The van der Waals surface area contributed by atoms with Gasteiger partial charge in [-0.15, -0.1) is 0 Å². The van der Waals surface area contributed by atoms with E-state index < -0.39 is 5.60 Å². The monoisotopic (exact) mass is 311 g/mol. The van der Waals surface area contributed by atoms with Crippen LogP contribution in [-0.2, 0) is 9.47 Å². The first-order valence-corrected chi connectivity index (χ1v) is 8.61. The van der Waals surface area contributed by atoms with Crippen LogP contribution in [0.15, 0.2) is 12.2 Å². The SMILES string of the molecule is C/C=C/CCC1CCCCN(C(=O)OC(C)(C)C)C1OCC. The van der Waals surface area contributed by atoms with E-state index in [1.165, 1.54) is 0 Å². The summed E-state index contributed by atoms with van der Waals surface area (Å²) in [6, 6.07) is 0. The third-order valence-electron chi connectivity index (χ3n) is 3.84. The van der Waals surface area contributed by atoms with E-state index in [1.54, 1.807) is 0 Å². The van der Waals surface area contributed by atoms with E-state index >= 15 is 0 Å². The second-order valence-corrected chi connectivity index (χ2v) is 6.92. The number of amides is 1. The molecule has 1 aliphatic heterocycles. The number of carbonyl (C=O) groups excluding carboxylic acids is 1. The lowest BCUT2D eigenvalue weighted by atomic mass is 9.95. The maximum absolute atomic E-state index is 12.5. The van der Waals surface area contributed by atoms with Crippen LogP contribution in [-0.4, -0.2) is 36.0 Å². The lowest BCUT2D eigenvalue weighted by Crippen LogP contribution is -2.47. The highest BCUT2D eigenvalue weighted by Gasteiger charge is 2.35. The van der Waals surface area contributed by atoms with Gasteiger partial charge in [0.05, 0.1) is 0 Å². The molecule has 2 atom stereocenters. The Balaban J connectivity index is 2.83. The zero-order valence-electron chi connectivity index (χ0n) is 14.9. The molecule has 0 spiro atoms. The van der Waals surface area contributed by atoms with Gasteiger partial charge in [-0.3, -0.25) is 4.90 Å². The zero-order chi connectivity index (χ0) is 16.6. The van der Waals surface area contributed by atoms with E-state index in [0.717, 1.165) is 38.6 Å². The fourth-order valence-electron chi connectivity index (χ4n) is 2.89. The number of ether oxygens (including phenoxy) is 2. The van der Waals surface area contributed by atoms with Gasteiger partial charge in [0.2, 0.25) is 0 Å². The molecule has 0 aliphatic carbocycles. The largest absolute Gasteiger partial charge is 0.444 e. The molecule has 128 valence electrons. The lowest BCUT2D eigenvalue weighted by molar-refractivity contribution is -0.0886. The van der Waals surface area contributed by atoms with Crippen LogP contribution >= 0.6 is 0 Å². The summed E-state index contributed by atoms with van der Waals surface area (Å²) in [5, 5.41) is 0. The van der Waals surface area contributed by atoms with Crippen molar-refractivity contribution in [2.24, 2.45) is 5.92 Å². The summed E-state index contributed by atoms with van der Waals surface area (Å²) < 4.78 is 11.5. The van der Waals surface area contributed by atoms with Crippen LogP contribution in [0.2, 0.25) is 0 Å². The van der Waals surface area contributed by atoms with Gasteiger partial charge in [-0.25, -0.2) is 4.79 Å². The van der Waals surface area contributed by atoms with Crippen LogP contribution in [0.1, 0.15) is 66.7 Å². The molecule has 4 nitrogen and oxygen atoms in total. The third kappa shape index (κ3) is 6.39. The van der Waals surface area contributed by atoms with Crippen molar-refractivity contribution in [3.05, 3.63) is 12.2 Å². The van der Waals surface area contributed by atoms with Gasteiger partial charge in [-0.2, -0.15) is 0 Å². The quantitative estimate of drug-likeness (QED) is 0.688. The second kappa shape index (κ2) is 9.19. The lowest BCUT2D eigenvalue weighted by Gasteiger charge is -2.35. The minimum Gasteiger partial charge on any atom is -0.444 e. The zero-order valence-corrected chi connectivity index (χ0v) is 14.9. The Kier molecular flexibility index (Phi) is 7.94. The minimum atomic E-state index is -0.472. The van der Waals surface area contributed by atoms with E-state index in [0.29, 0.717) is 12.5 Å².